The highest BCUT2D eigenvalue weighted by molar-refractivity contribution is 7.90. The predicted octanol–water partition coefficient (Wildman–Crippen LogP) is 2.01. The smallest absolute Gasteiger partial charge is 0.288 e. The number of nitrogens with one attached hydrogen (secondary N) is 3. The molecule has 0 bridgehead atoms. The molecule has 2 heterocycles. The Morgan fingerprint density at radius 2 is 1.55 bits per heavy atom. The van der Waals surface area contributed by atoms with Crippen LogP contribution in [0, 0.1) is 6.92 Å². The molecule has 0 radical (unpaired) electrons. The van der Waals surface area contributed by atoms with Crippen molar-refractivity contribution in [2.24, 2.45) is 4.40 Å². The molecule has 14 nitrogen and oxygen atoms in total. The highest BCUT2D eigenvalue weighted by atomic mass is 32.2. The van der Waals surface area contributed by atoms with E-state index in [1.165, 1.54) is 41.4 Å². The minimum absolute atomic E-state index is 0.00765. The predicted molar refractivity (Wildman–Crippen MR) is 147 cm³/mol. The molecular weight excluding hydrogens is 542 g/mol. The van der Waals surface area contributed by atoms with Crippen LogP contribution in [0.15, 0.2) is 53.2 Å². The zero-order chi connectivity index (χ0) is 29.3. The zero-order valence-electron chi connectivity index (χ0n) is 22.8. The average molecular weight is 574 g/mol. The number of hydrazine groups is 1. The number of amides is 1. The number of sulfonamides is 1. The van der Waals surface area contributed by atoms with Gasteiger partial charge in [-0.1, -0.05) is 12.1 Å². The van der Waals surface area contributed by atoms with E-state index in [4.69, 9.17) is 18.9 Å². The number of aromatic nitrogens is 3. The van der Waals surface area contributed by atoms with Crippen LogP contribution < -0.4 is 30.4 Å². The number of nitrogens with zero attached hydrogens (tertiary/aromatic N) is 4. The van der Waals surface area contributed by atoms with Gasteiger partial charge in [0.1, 0.15) is 34.2 Å². The molecule has 0 unspecified atom stereocenters. The molecule has 0 saturated carbocycles. The molecule has 3 N–H and O–H groups in total. The van der Waals surface area contributed by atoms with E-state index in [0.717, 1.165) is 5.56 Å². The number of carbonyl (C=O) groups excluding carboxylic acids is 1. The number of benzene rings is 1. The normalized spacial score (nSPS) is 13.1. The third-order valence-electron chi connectivity index (χ3n) is 5.56. The Bertz CT molecular complexity index is 1430. The second kappa shape index (κ2) is 13.5. The first-order valence-corrected chi connectivity index (χ1v) is 13.3. The lowest BCUT2D eigenvalue weighted by atomic mass is 10.2. The van der Waals surface area contributed by atoms with Crippen molar-refractivity contribution in [3.05, 3.63) is 65.9 Å². The largest absolute Gasteiger partial charge is 0.494 e. The number of ether oxygens (including phenoxy) is 4. The van der Waals surface area contributed by atoms with E-state index in [-0.39, 0.29) is 29.0 Å². The maximum Gasteiger partial charge on any atom is 0.288 e. The van der Waals surface area contributed by atoms with E-state index < -0.39 is 27.3 Å². The quantitative estimate of drug-likeness (QED) is 0.183. The lowest BCUT2D eigenvalue weighted by Crippen LogP contribution is -2.46. The number of hydrogen-bond donors (Lipinski definition) is 3. The molecule has 1 amide bonds. The van der Waals surface area contributed by atoms with Crippen LogP contribution in [-0.2, 0) is 14.8 Å². The number of para-hydroxylation sites is 1. The maximum atomic E-state index is 13.5. The van der Waals surface area contributed by atoms with Crippen LogP contribution in [-0.4, -0.2) is 68.9 Å². The van der Waals surface area contributed by atoms with Crippen molar-refractivity contribution in [3.63, 3.8) is 0 Å². The van der Waals surface area contributed by atoms with Crippen molar-refractivity contribution in [3.8, 4) is 17.4 Å². The third-order valence-corrected chi connectivity index (χ3v) is 7.18. The van der Waals surface area contributed by atoms with Crippen molar-refractivity contribution in [2.75, 3.05) is 33.8 Å². The Morgan fingerprint density at radius 3 is 2.12 bits per heavy atom. The van der Waals surface area contributed by atoms with E-state index in [2.05, 4.69) is 35.5 Å². The van der Waals surface area contributed by atoms with E-state index in [0.29, 0.717) is 11.5 Å². The van der Waals surface area contributed by atoms with Crippen molar-refractivity contribution < 1.29 is 32.2 Å². The molecule has 0 aliphatic carbocycles. The summed E-state index contributed by atoms with van der Waals surface area (Å²) in [5.41, 5.74) is 5.96. The molecule has 214 valence electrons. The highest BCUT2D eigenvalue weighted by Gasteiger charge is 2.33. The van der Waals surface area contributed by atoms with Gasteiger partial charge in [-0.05, 0) is 37.6 Å². The molecule has 40 heavy (non-hydrogen) atoms. The van der Waals surface area contributed by atoms with E-state index in [1.807, 2.05) is 0 Å². The topological polar surface area (TPSA) is 175 Å². The van der Waals surface area contributed by atoms with Gasteiger partial charge in [0.15, 0.2) is 5.82 Å². The summed E-state index contributed by atoms with van der Waals surface area (Å²) in [6, 6.07) is 9.56. The van der Waals surface area contributed by atoms with Crippen LogP contribution in [0.5, 0.6) is 17.4 Å². The number of guanidine groups is 1. The van der Waals surface area contributed by atoms with Gasteiger partial charge in [0.05, 0.1) is 21.3 Å². The molecule has 2 aromatic heterocycles. The fourth-order valence-electron chi connectivity index (χ4n) is 3.43. The van der Waals surface area contributed by atoms with Crippen molar-refractivity contribution in [1.82, 2.24) is 25.8 Å². The van der Waals surface area contributed by atoms with Crippen molar-refractivity contribution in [1.29, 1.82) is 0 Å². The van der Waals surface area contributed by atoms with Crippen LogP contribution in [0.2, 0.25) is 0 Å². The molecule has 2 atom stereocenters. The van der Waals surface area contributed by atoms with Gasteiger partial charge in [-0.15, -0.1) is 4.40 Å². The molecule has 15 heteroatoms. The van der Waals surface area contributed by atoms with E-state index in [9.17, 15) is 13.2 Å². The summed E-state index contributed by atoms with van der Waals surface area (Å²) in [7, 11) is 1.31. The average Bonchev–Trinajstić information content (AvgIpc) is 2.96. The molecule has 1 aromatic carbocycles. The first-order valence-electron chi connectivity index (χ1n) is 11.8. The van der Waals surface area contributed by atoms with Gasteiger partial charge in [-0.25, -0.2) is 23.4 Å². The summed E-state index contributed by atoms with van der Waals surface area (Å²) in [6.45, 7) is 3.22. The Kier molecular flexibility index (Phi) is 10.2. The van der Waals surface area contributed by atoms with Gasteiger partial charge < -0.3 is 24.3 Å². The number of anilines is 1. The van der Waals surface area contributed by atoms with Gasteiger partial charge in [-0.3, -0.25) is 15.6 Å². The summed E-state index contributed by atoms with van der Waals surface area (Å²) in [4.78, 5) is 25.2. The fraction of sp³-hybridized carbons (Fsp3) is 0.320. The molecule has 3 rings (SSSR count). The number of hydrogen-bond acceptors (Lipinski definition) is 10. The molecule has 0 spiro atoms. The minimum atomic E-state index is -4.32. The fourth-order valence-corrected chi connectivity index (χ4v) is 4.48. The van der Waals surface area contributed by atoms with Gasteiger partial charge in [0.25, 0.3) is 15.9 Å². The number of carbonyl (C=O) groups is 1. The van der Waals surface area contributed by atoms with Gasteiger partial charge in [0.2, 0.25) is 11.8 Å². The molecule has 0 aliphatic heterocycles. The van der Waals surface area contributed by atoms with Crippen molar-refractivity contribution >= 4 is 27.6 Å². The van der Waals surface area contributed by atoms with Crippen molar-refractivity contribution in [2.45, 2.75) is 25.2 Å². The lowest BCUT2D eigenvalue weighted by Gasteiger charge is -2.21. The zero-order valence-corrected chi connectivity index (χ0v) is 23.6. The van der Waals surface area contributed by atoms with Gasteiger partial charge in [-0.2, -0.15) is 0 Å². The molecule has 0 saturated heterocycles. The SMILES string of the molecule is COc1cccc(C(=O)NNC(=NS(=O)(=O)[C@H](C)[C@@H](OC)c2ncc(C)cn2)Nc2c(OC)cccc2OC)n1. The number of rotatable bonds is 10. The summed E-state index contributed by atoms with van der Waals surface area (Å²) < 4.78 is 52.1. The summed E-state index contributed by atoms with van der Waals surface area (Å²) in [5, 5.41) is 1.61. The van der Waals surface area contributed by atoms with Crippen LogP contribution >= 0.6 is 0 Å². The first-order chi connectivity index (χ1) is 19.1. The number of pyridine rings is 1. The van der Waals surface area contributed by atoms with Crippen LogP contribution in [0.3, 0.4) is 0 Å². The summed E-state index contributed by atoms with van der Waals surface area (Å²) in [6.07, 6.45) is 2.08. The number of aryl methyl sites for hydroxylation is 1. The van der Waals surface area contributed by atoms with Gasteiger partial charge >= 0.3 is 0 Å². The first kappa shape index (κ1) is 30.0. The van der Waals surface area contributed by atoms with Crippen LogP contribution in [0.25, 0.3) is 0 Å². The maximum absolute atomic E-state index is 13.5. The Morgan fingerprint density at radius 1 is 0.925 bits per heavy atom. The second-order valence-corrected chi connectivity index (χ2v) is 10.2. The monoisotopic (exact) mass is 573 g/mol. The standard InChI is InChI=1S/C25H31N7O7S/c1-15-13-26-23(27-14-15)22(39-6)16(2)40(34,35)32-25(29-21-18(36-3)10-8-11-19(21)37-4)31-30-24(33)17-9-7-12-20(28-17)38-5/h7-14,16,22H,1-6H3,(H,30,33)(H2,29,31,32)/t16-,22-/m1/s1. The van der Waals surface area contributed by atoms with Gasteiger partial charge in [0, 0.05) is 25.6 Å². The Balaban J connectivity index is 1.98. The molecule has 0 aliphatic rings. The lowest BCUT2D eigenvalue weighted by molar-refractivity contribution is 0.0936. The van der Waals surface area contributed by atoms with Crippen LogP contribution in [0.1, 0.15) is 34.9 Å². The third kappa shape index (κ3) is 7.33. The Hall–Kier alpha value is -4.50. The van der Waals surface area contributed by atoms with Crippen LogP contribution in [0.4, 0.5) is 5.69 Å². The molecule has 0 fully saturated rings. The van der Waals surface area contributed by atoms with E-state index >= 15 is 0 Å². The summed E-state index contributed by atoms with van der Waals surface area (Å²) >= 11 is 0. The second-order valence-electron chi connectivity index (χ2n) is 8.24. The number of methoxy groups -OCH3 is 4. The highest BCUT2D eigenvalue weighted by Crippen LogP contribution is 2.34. The van der Waals surface area contributed by atoms with E-state index in [1.54, 1.807) is 49.6 Å². The summed E-state index contributed by atoms with van der Waals surface area (Å²) in [5.74, 6) is -0.0190. The Labute approximate surface area is 232 Å². The molecular formula is C25H31N7O7S. The minimum Gasteiger partial charge on any atom is -0.494 e. The molecule has 3 aromatic rings.